The SMILES string of the molecule is CN(C)CCN1CC(C(=O)N2CCN(Cc3ccccc3Cl)CC2)CC1=O. The Bertz CT molecular complexity index is 674. The van der Waals surface area contributed by atoms with Gasteiger partial charge in [0.1, 0.15) is 0 Å². The van der Waals surface area contributed by atoms with E-state index in [1.807, 2.05) is 48.2 Å². The molecule has 6 nitrogen and oxygen atoms in total. The minimum atomic E-state index is -0.185. The van der Waals surface area contributed by atoms with Gasteiger partial charge in [0.15, 0.2) is 0 Å². The molecule has 0 radical (unpaired) electrons. The van der Waals surface area contributed by atoms with Gasteiger partial charge in [-0.05, 0) is 25.7 Å². The lowest BCUT2D eigenvalue weighted by atomic mass is 10.1. The van der Waals surface area contributed by atoms with E-state index in [4.69, 9.17) is 11.6 Å². The van der Waals surface area contributed by atoms with Gasteiger partial charge in [-0.25, -0.2) is 0 Å². The van der Waals surface area contributed by atoms with E-state index in [-0.39, 0.29) is 17.7 Å². The van der Waals surface area contributed by atoms with Gasteiger partial charge in [-0.15, -0.1) is 0 Å². The molecule has 27 heavy (non-hydrogen) atoms. The van der Waals surface area contributed by atoms with Crippen molar-refractivity contribution in [2.45, 2.75) is 13.0 Å². The molecule has 3 rings (SSSR count). The number of amides is 2. The van der Waals surface area contributed by atoms with Gasteiger partial charge in [-0.1, -0.05) is 29.8 Å². The number of halogens is 1. The van der Waals surface area contributed by atoms with Gasteiger partial charge < -0.3 is 14.7 Å². The number of carbonyl (C=O) groups is 2. The lowest BCUT2D eigenvalue weighted by Gasteiger charge is -2.36. The van der Waals surface area contributed by atoms with Crippen molar-refractivity contribution in [3.05, 3.63) is 34.9 Å². The van der Waals surface area contributed by atoms with Crippen LogP contribution in [0.5, 0.6) is 0 Å². The second kappa shape index (κ2) is 9.04. The standard InChI is InChI=1S/C20H29ClN4O2/c1-22(2)7-10-25-15-17(13-19(25)26)20(27)24-11-8-23(9-12-24)14-16-5-3-4-6-18(16)21/h3-6,17H,7-15H2,1-2H3. The molecular weight excluding hydrogens is 364 g/mol. The van der Waals surface area contributed by atoms with Crippen LogP contribution in [0.25, 0.3) is 0 Å². The van der Waals surface area contributed by atoms with E-state index in [9.17, 15) is 9.59 Å². The van der Waals surface area contributed by atoms with Crippen molar-refractivity contribution < 1.29 is 9.59 Å². The lowest BCUT2D eigenvalue weighted by molar-refractivity contribution is -0.137. The summed E-state index contributed by atoms with van der Waals surface area (Å²) in [7, 11) is 3.98. The van der Waals surface area contributed by atoms with Crippen molar-refractivity contribution in [1.82, 2.24) is 19.6 Å². The van der Waals surface area contributed by atoms with Gasteiger partial charge in [-0.3, -0.25) is 14.5 Å². The van der Waals surface area contributed by atoms with Crippen molar-refractivity contribution in [2.75, 3.05) is 59.9 Å². The second-order valence-corrected chi connectivity index (χ2v) is 8.14. The summed E-state index contributed by atoms with van der Waals surface area (Å²) in [4.78, 5) is 33.2. The Kier molecular flexibility index (Phi) is 6.73. The Hall–Kier alpha value is -1.63. The number of carbonyl (C=O) groups excluding carboxylic acids is 2. The summed E-state index contributed by atoms with van der Waals surface area (Å²) in [5, 5.41) is 0.790. The van der Waals surface area contributed by atoms with Crippen LogP contribution in [0.3, 0.4) is 0 Å². The molecule has 0 bridgehead atoms. The van der Waals surface area contributed by atoms with Crippen LogP contribution in [0.1, 0.15) is 12.0 Å². The highest BCUT2D eigenvalue weighted by atomic mass is 35.5. The quantitative estimate of drug-likeness (QED) is 0.734. The normalized spacial score (nSPS) is 21.3. The van der Waals surface area contributed by atoms with Crippen LogP contribution in [-0.4, -0.2) is 91.3 Å². The Morgan fingerprint density at radius 3 is 2.56 bits per heavy atom. The molecule has 1 unspecified atom stereocenters. The van der Waals surface area contributed by atoms with Crippen molar-refractivity contribution in [1.29, 1.82) is 0 Å². The van der Waals surface area contributed by atoms with Gasteiger partial charge >= 0.3 is 0 Å². The smallest absolute Gasteiger partial charge is 0.228 e. The molecule has 0 N–H and O–H groups in total. The molecule has 0 aromatic heterocycles. The highest BCUT2D eigenvalue weighted by Gasteiger charge is 2.37. The summed E-state index contributed by atoms with van der Waals surface area (Å²) >= 11 is 6.25. The molecule has 2 aliphatic rings. The predicted octanol–water partition coefficient (Wildman–Crippen LogP) is 1.39. The van der Waals surface area contributed by atoms with Crippen LogP contribution in [0.2, 0.25) is 5.02 Å². The van der Waals surface area contributed by atoms with Crippen LogP contribution in [0.15, 0.2) is 24.3 Å². The minimum absolute atomic E-state index is 0.104. The first-order chi connectivity index (χ1) is 12.9. The molecular formula is C20H29ClN4O2. The number of hydrogen-bond acceptors (Lipinski definition) is 4. The van der Waals surface area contributed by atoms with Crippen molar-refractivity contribution >= 4 is 23.4 Å². The molecule has 2 heterocycles. The molecule has 0 saturated carbocycles. The van der Waals surface area contributed by atoms with Gasteiger partial charge in [0.2, 0.25) is 11.8 Å². The largest absolute Gasteiger partial charge is 0.341 e. The number of nitrogens with zero attached hydrogens (tertiary/aromatic N) is 4. The van der Waals surface area contributed by atoms with E-state index < -0.39 is 0 Å². The average molecular weight is 393 g/mol. The van der Waals surface area contributed by atoms with Crippen LogP contribution >= 0.6 is 11.6 Å². The third-order valence-corrected chi connectivity index (χ3v) is 5.79. The van der Waals surface area contributed by atoms with E-state index in [1.165, 1.54) is 0 Å². The molecule has 1 aromatic carbocycles. The van der Waals surface area contributed by atoms with Crippen LogP contribution < -0.4 is 0 Å². The van der Waals surface area contributed by atoms with E-state index >= 15 is 0 Å². The molecule has 0 aliphatic carbocycles. The third-order valence-electron chi connectivity index (χ3n) is 5.42. The number of rotatable bonds is 6. The monoisotopic (exact) mass is 392 g/mol. The molecule has 1 aromatic rings. The fraction of sp³-hybridized carbons (Fsp3) is 0.600. The van der Waals surface area contributed by atoms with Crippen molar-refractivity contribution in [3.8, 4) is 0 Å². The molecule has 7 heteroatoms. The lowest BCUT2D eigenvalue weighted by Crippen LogP contribution is -2.50. The molecule has 2 saturated heterocycles. The average Bonchev–Trinajstić information content (AvgIpc) is 3.03. The van der Waals surface area contributed by atoms with Crippen molar-refractivity contribution in [2.24, 2.45) is 5.92 Å². The Labute approximate surface area is 166 Å². The minimum Gasteiger partial charge on any atom is -0.341 e. The fourth-order valence-electron chi connectivity index (χ4n) is 3.73. The predicted molar refractivity (Wildman–Crippen MR) is 107 cm³/mol. The van der Waals surface area contributed by atoms with Crippen LogP contribution in [0, 0.1) is 5.92 Å². The highest BCUT2D eigenvalue weighted by Crippen LogP contribution is 2.22. The maximum Gasteiger partial charge on any atom is 0.228 e. The summed E-state index contributed by atoms with van der Waals surface area (Å²) in [6.07, 6.45) is 0.353. The van der Waals surface area contributed by atoms with Gasteiger partial charge in [0.25, 0.3) is 0 Å². The summed E-state index contributed by atoms with van der Waals surface area (Å²) < 4.78 is 0. The summed E-state index contributed by atoms with van der Waals surface area (Å²) in [6.45, 7) is 5.99. The van der Waals surface area contributed by atoms with Crippen LogP contribution in [-0.2, 0) is 16.1 Å². The molecule has 1 atom stereocenters. The van der Waals surface area contributed by atoms with Gasteiger partial charge in [-0.2, -0.15) is 0 Å². The topological polar surface area (TPSA) is 47.1 Å². The van der Waals surface area contributed by atoms with E-state index in [0.717, 1.165) is 36.8 Å². The number of likely N-dealkylation sites (N-methyl/N-ethyl adjacent to an activating group) is 1. The first kappa shape index (κ1) is 20.1. The molecule has 0 spiro atoms. The molecule has 2 aliphatic heterocycles. The van der Waals surface area contributed by atoms with Crippen molar-refractivity contribution in [3.63, 3.8) is 0 Å². The van der Waals surface area contributed by atoms with E-state index in [2.05, 4.69) is 9.80 Å². The summed E-state index contributed by atoms with van der Waals surface area (Å²) in [5.41, 5.74) is 1.12. The number of hydrogen-bond donors (Lipinski definition) is 0. The maximum atomic E-state index is 12.8. The third kappa shape index (κ3) is 5.21. The van der Waals surface area contributed by atoms with Gasteiger partial charge in [0.05, 0.1) is 5.92 Å². The second-order valence-electron chi connectivity index (χ2n) is 7.74. The summed E-state index contributed by atoms with van der Waals surface area (Å²) in [5.74, 6) is 0.0513. The Balaban J connectivity index is 1.47. The first-order valence-corrected chi connectivity index (χ1v) is 9.99. The molecule has 2 fully saturated rings. The number of likely N-dealkylation sites (tertiary alicyclic amines) is 1. The maximum absolute atomic E-state index is 12.8. The highest BCUT2D eigenvalue weighted by molar-refractivity contribution is 6.31. The van der Waals surface area contributed by atoms with Crippen LogP contribution in [0.4, 0.5) is 0 Å². The Morgan fingerprint density at radius 2 is 1.89 bits per heavy atom. The number of piperazine rings is 1. The zero-order chi connectivity index (χ0) is 19.4. The summed E-state index contributed by atoms with van der Waals surface area (Å²) in [6, 6.07) is 7.90. The fourth-order valence-corrected chi connectivity index (χ4v) is 3.92. The number of benzene rings is 1. The first-order valence-electron chi connectivity index (χ1n) is 9.61. The zero-order valence-electron chi connectivity index (χ0n) is 16.2. The zero-order valence-corrected chi connectivity index (χ0v) is 17.0. The van der Waals surface area contributed by atoms with Gasteiger partial charge in [0, 0.05) is 63.8 Å². The molecule has 148 valence electrons. The molecule has 2 amide bonds. The van der Waals surface area contributed by atoms with E-state index in [1.54, 1.807) is 0 Å². The Morgan fingerprint density at radius 1 is 1.19 bits per heavy atom. The van der Waals surface area contributed by atoms with E-state index in [0.29, 0.717) is 32.6 Å².